The summed E-state index contributed by atoms with van der Waals surface area (Å²) < 4.78 is 0. The van der Waals surface area contributed by atoms with E-state index in [1.54, 1.807) is 25.2 Å². The third kappa shape index (κ3) is 5.31. The van der Waals surface area contributed by atoms with E-state index in [0.29, 0.717) is 6.54 Å². The molecule has 1 amide bonds. The smallest absolute Gasteiger partial charge is 0.223 e. The molecule has 4 nitrogen and oxygen atoms in total. The number of hydrogen-bond donors (Lipinski definition) is 2. The fraction of sp³-hybridized carbons (Fsp3) is 0.480. The summed E-state index contributed by atoms with van der Waals surface area (Å²) in [5.74, 6) is 6.30. The summed E-state index contributed by atoms with van der Waals surface area (Å²) in [6.45, 7) is 7.07. The zero-order valence-corrected chi connectivity index (χ0v) is 18.6. The first-order chi connectivity index (χ1) is 14.3. The topological polar surface area (TPSA) is 52.6 Å². The summed E-state index contributed by atoms with van der Waals surface area (Å²) in [6.07, 6.45) is 3.27. The van der Waals surface area contributed by atoms with Crippen molar-refractivity contribution in [2.24, 2.45) is 11.3 Å². The van der Waals surface area contributed by atoms with Gasteiger partial charge in [0.25, 0.3) is 0 Å². The first-order valence-electron chi connectivity index (χ1n) is 10.7. The SMILES string of the molecule is CC(C)(O)C#Cc1ccc(CN2CCC3(CC2)C[C@@H]3C(=O)NCc2cccs2)cc1. The van der Waals surface area contributed by atoms with Crippen LogP contribution in [-0.2, 0) is 17.9 Å². The van der Waals surface area contributed by atoms with Crippen molar-refractivity contribution in [1.29, 1.82) is 0 Å². The van der Waals surface area contributed by atoms with Crippen LogP contribution in [0.25, 0.3) is 0 Å². The number of rotatable bonds is 5. The molecule has 1 saturated carbocycles. The molecule has 1 aliphatic carbocycles. The molecule has 1 aromatic carbocycles. The van der Waals surface area contributed by atoms with Gasteiger partial charge in [-0.25, -0.2) is 0 Å². The van der Waals surface area contributed by atoms with Gasteiger partial charge in [-0.3, -0.25) is 9.69 Å². The fourth-order valence-corrected chi connectivity index (χ4v) is 4.96. The molecule has 2 aromatic rings. The van der Waals surface area contributed by atoms with Crippen LogP contribution in [0.3, 0.4) is 0 Å². The number of likely N-dealkylation sites (tertiary alicyclic amines) is 1. The average molecular weight is 423 g/mol. The molecular formula is C25H30N2O2S. The quantitative estimate of drug-likeness (QED) is 0.721. The second-order valence-corrected chi connectivity index (χ2v) is 10.2. The highest BCUT2D eigenvalue weighted by Gasteiger charge is 2.58. The molecule has 5 heteroatoms. The van der Waals surface area contributed by atoms with E-state index < -0.39 is 5.60 Å². The van der Waals surface area contributed by atoms with Gasteiger partial charge in [0, 0.05) is 22.9 Å². The summed E-state index contributed by atoms with van der Waals surface area (Å²) in [7, 11) is 0. The first kappa shape index (κ1) is 21.1. The van der Waals surface area contributed by atoms with Gasteiger partial charge in [0.05, 0.1) is 6.54 Å². The summed E-state index contributed by atoms with van der Waals surface area (Å²) in [5.41, 5.74) is 1.48. The van der Waals surface area contributed by atoms with Crippen LogP contribution in [-0.4, -0.2) is 34.6 Å². The third-order valence-electron chi connectivity index (χ3n) is 6.25. The van der Waals surface area contributed by atoms with E-state index >= 15 is 0 Å². The van der Waals surface area contributed by atoms with Gasteiger partial charge in [0.2, 0.25) is 5.91 Å². The van der Waals surface area contributed by atoms with Crippen molar-refractivity contribution in [3.8, 4) is 11.8 Å². The first-order valence-corrected chi connectivity index (χ1v) is 11.6. The molecule has 1 spiro atoms. The van der Waals surface area contributed by atoms with Crippen molar-refractivity contribution in [2.45, 2.75) is 51.8 Å². The molecule has 2 fully saturated rings. The summed E-state index contributed by atoms with van der Waals surface area (Å²) >= 11 is 1.69. The molecule has 1 aromatic heterocycles. The highest BCUT2D eigenvalue weighted by atomic mass is 32.1. The minimum atomic E-state index is -0.968. The zero-order valence-electron chi connectivity index (χ0n) is 17.8. The van der Waals surface area contributed by atoms with Crippen LogP contribution in [0.1, 0.15) is 49.1 Å². The molecular weight excluding hydrogens is 392 g/mol. The van der Waals surface area contributed by atoms with Crippen molar-refractivity contribution >= 4 is 17.2 Å². The van der Waals surface area contributed by atoms with Crippen molar-refractivity contribution in [2.75, 3.05) is 13.1 Å². The van der Waals surface area contributed by atoms with Crippen LogP contribution in [0.2, 0.25) is 0 Å². The van der Waals surface area contributed by atoms with Gasteiger partial charge in [0.15, 0.2) is 0 Å². The molecule has 1 saturated heterocycles. The maximum atomic E-state index is 12.5. The Balaban J connectivity index is 1.23. The number of benzene rings is 1. The second-order valence-electron chi connectivity index (χ2n) is 9.20. The maximum absolute atomic E-state index is 12.5. The number of thiophene rings is 1. The fourth-order valence-electron chi connectivity index (χ4n) is 4.31. The van der Waals surface area contributed by atoms with Gasteiger partial charge in [-0.05, 0) is 80.8 Å². The second kappa shape index (κ2) is 8.55. The van der Waals surface area contributed by atoms with Crippen LogP contribution in [0.15, 0.2) is 41.8 Å². The Morgan fingerprint density at radius 3 is 2.63 bits per heavy atom. The largest absolute Gasteiger partial charge is 0.378 e. The molecule has 158 valence electrons. The Morgan fingerprint density at radius 1 is 1.27 bits per heavy atom. The summed E-state index contributed by atoms with van der Waals surface area (Å²) in [6, 6.07) is 12.4. The molecule has 1 atom stereocenters. The number of piperidine rings is 1. The molecule has 4 rings (SSSR count). The highest BCUT2D eigenvalue weighted by Crippen LogP contribution is 2.59. The number of carbonyl (C=O) groups excluding carboxylic acids is 1. The van der Waals surface area contributed by atoms with E-state index in [4.69, 9.17) is 0 Å². The summed E-state index contributed by atoms with van der Waals surface area (Å²) in [5, 5.41) is 14.9. The van der Waals surface area contributed by atoms with Crippen molar-refractivity contribution in [1.82, 2.24) is 10.2 Å². The zero-order chi connectivity index (χ0) is 21.2. The molecule has 0 bridgehead atoms. The van der Waals surface area contributed by atoms with Gasteiger partial charge >= 0.3 is 0 Å². The van der Waals surface area contributed by atoms with E-state index in [-0.39, 0.29) is 17.2 Å². The highest BCUT2D eigenvalue weighted by molar-refractivity contribution is 7.09. The van der Waals surface area contributed by atoms with E-state index in [9.17, 15) is 9.90 Å². The molecule has 2 N–H and O–H groups in total. The molecule has 2 aliphatic rings. The minimum Gasteiger partial charge on any atom is -0.378 e. The third-order valence-corrected chi connectivity index (χ3v) is 7.12. The Bertz CT molecular complexity index is 924. The number of carbonyl (C=O) groups is 1. The normalized spacial score (nSPS) is 20.4. The lowest BCUT2D eigenvalue weighted by atomic mass is 9.90. The minimum absolute atomic E-state index is 0.202. The predicted octanol–water partition coefficient (Wildman–Crippen LogP) is 3.79. The average Bonchev–Trinajstić information content (AvgIpc) is 3.16. The van der Waals surface area contributed by atoms with Crippen LogP contribution >= 0.6 is 11.3 Å². The Morgan fingerprint density at radius 2 is 2.00 bits per heavy atom. The lowest BCUT2D eigenvalue weighted by molar-refractivity contribution is -0.123. The van der Waals surface area contributed by atoms with Gasteiger partial charge in [-0.1, -0.05) is 30.0 Å². The van der Waals surface area contributed by atoms with Gasteiger partial charge in [-0.15, -0.1) is 11.3 Å². The predicted molar refractivity (Wildman–Crippen MR) is 121 cm³/mol. The monoisotopic (exact) mass is 422 g/mol. The number of nitrogens with one attached hydrogen (secondary N) is 1. The maximum Gasteiger partial charge on any atom is 0.223 e. The molecule has 0 unspecified atom stereocenters. The van der Waals surface area contributed by atoms with Crippen molar-refractivity contribution < 1.29 is 9.90 Å². The van der Waals surface area contributed by atoms with Crippen molar-refractivity contribution in [3.05, 3.63) is 57.8 Å². The Kier molecular flexibility index (Phi) is 6.02. The van der Waals surface area contributed by atoms with E-state index in [0.717, 1.165) is 44.5 Å². The summed E-state index contributed by atoms with van der Waals surface area (Å²) in [4.78, 5) is 16.2. The number of nitrogens with zero attached hydrogens (tertiary/aromatic N) is 1. The van der Waals surface area contributed by atoms with Crippen molar-refractivity contribution in [3.63, 3.8) is 0 Å². The number of aliphatic hydroxyl groups is 1. The lowest BCUT2D eigenvalue weighted by Gasteiger charge is -2.32. The van der Waals surface area contributed by atoms with Crippen LogP contribution < -0.4 is 5.32 Å². The lowest BCUT2D eigenvalue weighted by Crippen LogP contribution is -2.36. The van der Waals surface area contributed by atoms with Crippen LogP contribution in [0, 0.1) is 23.2 Å². The number of amides is 1. The van der Waals surface area contributed by atoms with Crippen LogP contribution in [0.5, 0.6) is 0 Å². The van der Waals surface area contributed by atoms with Gasteiger partial charge in [0.1, 0.15) is 5.60 Å². The molecule has 2 heterocycles. The standard InChI is InChI=1S/C25H30N2O2S/c1-24(2,29)10-9-19-5-7-20(8-6-19)18-27-13-11-25(12-14-27)16-22(25)23(28)26-17-21-4-3-15-30-21/h3-8,15,22,29H,11-14,16-18H2,1-2H3,(H,26,28)/t22-/m1/s1. The van der Waals surface area contributed by atoms with E-state index in [1.165, 1.54) is 10.4 Å². The van der Waals surface area contributed by atoms with Gasteiger partial charge < -0.3 is 10.4 Å². The molecule has 30 heavy (non-hydrogen) atoms. The van der Waals surface area contributed by atoms with Crippen LogP contribution in [0.4, 0.5) is 0 Å². The molecule has 1 aliphatic heterocycles. The van der Waals surface area contributed by atoms with E-state index in [2.05, 4.69) is 40.3 Å². The Labute approximate surface area is 183 Å². The Hall–Kier alpha value is -2.13. The molecule has 0 radical (unpaired) electrons. The number of hydrogen-bond acceptors (Lipinski definition) is 4. The van der Waals surface area contributed by atoms with Gasteiger partial charge in [-0.2, -0.15) is 0 Å². The van der Waals surface area contributed by atoms with E-state index in [1.807, 2.05) is 23.6 Å².